The van der Waals surface area contributed by atoms with Crippen LogP contribution in [0, 0.1) is 5.41 Å². The second kappa shape index (κ2) is 7.63. The number of urea groups is 1. The molecule has 2 rings (SSSR count). The van der Waals surface area contributed by atoms with Crippen molar-refractivity contribution in [1.29, 1.82) is 0 Å². The molecule has 26 heavy (non-hydrogen) atoms. The van der Waals surface area contributed by atoms with E-state index < -0.39 is 30.2 Å². The molecule has 1 fully saturated rings. The quantitative estimate of drug-likeness (QED) is 0.676. The summed E-state index contributed by atoms with van der Waals surface area (Å²) >= 11 is 0. The van der Waals surface area contributed by atoms with Crippen LogP contribution < -0.4 is 15.4 Å². The largest absolute Gasteiger partial charge is 0.468 e. The van der Waals surface area contributed by atoms with Crippen LogP contribution >= 0.6 is 0 Å². The highest BCUT2D eigenvalue weighted by Gasteiger charge is 2.58. The average Bonchev–Trinajstić information content (AvgIpc) is 3.32. The summed E-state index contributed by atoms with van der Waals surface area (Å²) in [5.41, 5.74) is -0.526. The lowest BCUT2D eigenvalue weighted by Gasteiger charge is -2.22. The Balaban J connectivity index is 1.72. The molecule has 0 aliphatic heterocycles. The second-order valence-corrected chi connectivity index (χ2v) is 6.43. The first-order valence-electron chi connectivity index (χ1n) is 8.05. The Hall–Kier alpha value is -2.13. The zero-order valence-corrected chi connectivity index (χ0v) is 14.1. The van der Waals surface area contributed by atoms with E-state index in [1.54, 1.807) is 0 Å². The minimum absolute atomic E-state index is 0.0335. The lowest BCUT2D eigenvalue weighted by atomic mass is 9.95. The molecule has 1 aliphatic rings. The van der Waals surface area contributed by atoms with Crippen molar-refractivity contribution in [1.82, 2.24) is 15.6 Å². The first-order chi connectivity index (χ1) is 12.0. The smallest absolute Gasteiger partial charge is 0.422 e. The summed E-state index contributed by atoms with van der Waals surface area (Å²) in [7, 11) is 0. The van der Waals surface area contributed by atoms with Gasteiger partial charge < -0.3 is 15.4 Å². The average molecular weight is 381 g/mol. The number of amides is 2. The van der Waals surface area contributed by atoms with Crippen molar-refractivity contribution in [2.45, 2.75) is 44.8 Å². The molecule has 2 amide bonds. The Morgan fingerprint density at radius 1 is 1.27 bits per heavy atom. The predicted molar refractivity (Wildman–Crippen MR) is 82.9 cm³/mol. The number of carbonyl (C=O) groups is 1. The van der Waals surface area contributed by atoms with Gasteiger partial charge in [0.2, 0.25) is 5.88 Å². The number of nitrogens with one attached hydrogen (secondary N) is 2. The third kappa shape index (κ3) is 5.99. The van der Waals surface area contributed by atoms with E-state index in [9.17, 15) is 26.7 Å². The van der Waals surface area contributed by atoms with Crippen molar-refractivity contribution in [3.63, 3.8) is 0 Å². The number of hydrogen-bond acceptors (Lipinski definition) is 3. The van der Waals surface area contributed by atoms with Crippen LogP contribution in [0.3, 0.4) is 0 Å². The van der Waals surface area contributed by atoms with Crippen molar-refractivity contribution < 1.29 is 31.5 Å². The van der Waals surface area contributed by atoms with E-state index in [2.05, 4.69) is 20.4 Å². The summed E-state index contributed by atoms with van der Waals surface area (Å²) in [6, 6.07) is 2.25. The molecule has 0 bridgehead atoms. The van der Waals surface area contributed by atoms with E-state index in [0.29, 0.717) is 18.4 Å². The molecular weight excluding hydrogens is 361 g/mol. The molecule has 0 spiro atoms. The van der Waals surface area contributed by atoms with Crippen molar-refractivity contribution in [2.24, 2.45) is 5.41 Å². The summed E-state index contributed by atoms with van der Waals surface area (Å²) in [5, 5.41) is 5.00. The molecule has 2 N–H and O–H groups in total. The van der Waals surface area contributed by atoms with E-state index in [1.807, 2.05) is 0 Å². The summed E-state index contributed by atoms with van der Waals surface area (Å²) in [5.74, 6) is -2.97. The van der Waals surface area contributed by atoms with Gasteiger partial charge in [0.15, 0.2) is 6.61 Å². The van der Waals surface area contributed by atoms with Gasteiger partial charge in [-0.15, -0.1) is 0 Å². The van der Waals surface area contributed by atoms with Crippen LogP contribution in [0.15, 0.2) is 18.3 Å². The third-order valence-corrected chi connectivity index (χ3v) is 4.31. The van der Waals surface area contributed by atoms with Gasteiger partial charge in [0.1, 0.15) is 0 Å². The number of nitrogens with zero attached hydrogens (tertiary/aromatic N) is 1. The molecule has 1 aliphatic carbocycles. The summed E-state index contributed by atoms with van der Waals surface area (Å²) in [6.45, 7) is -0.416. The highest BCUT2D eigenvalue weighted by molar-refractivity contribution is 5.73. The third-order valence-electron chi connectivity index (χ3n) is 4.31. The van der Waals surface area contributed by atoms with Crippen molar-refractivity contribution in [2.75, 3.05) is 13.2 Å². The maximum Gasteiger partial charge on any atom is 0.422 e. The number of pyridine rings is 1. The van der Waals surface area contributed by atoms with Crippen molar-refractivity contribution >= 4 is 6.03 Å². The Kier molecular flexibility index (Phi) is 5.92. The Bertz CT molecular complexity index is 627. The highest BCUT2D eigenvalue weighted by Crippen LogP contribution is 2.58. The van der Waals surface area contributed by atoms with Crippen LogP contribution in [0.4, 0.5) is 26.7 Å². The molecule has 0 aromatic carbocycles. The van der Waals surface area contributed by atoms with Crippen molar-refractivity contribution in [3.8, 4) is 5.88 Å². The highest BCUT2D eigenvalue weighted by atomic mass is 19.4. The molecular formula is C16H20F5N3O2. The number of hydrogen-bond donors (Lipinski definition) is 2. The number of alkyl halides is 5. The first-order valence-corrected chi connectivity index (χ1v) is 8.05. The van der Waals surface area contributed by atoms with Crippen molar-refractivity contribution in [3.05, 3.63) is 23.9 Å². The monoisotopic (exact) mass is 381 g/mol. The van der Waals surface area contributed by atoms with E-state index in [0.717, 1.165) is 6.92 Å². The molecule has 0 saturated heterocycles. The molecule has 5 nitrogen and oxygen atoms in total. The molecule has 0 atom stereocenters. The van der Waals surface area contributed by atoms with Gasteiger partial charge in [-0.05, 0) is 37.8 Å². The van der Waals surface area contributed by atoms with Gasteiger partial charge >= 0.3 is 12.2 Å². The van der Waals surface area contributed by atoms with Gasteiger partial charge in [0, 0.05) is 30.8 Å². The van der Waals surface area contributed by atoms with E-state index in [4.69, 9.17) is 0 Å². The second-order valence-electron chi connectivity index (χ2n) is 6.43. The fourth-order valence-electron chi connectivity index (χ4n) is 2.51. The normalized spacial score (nSPS) is 16.1. The lowest BCUT2D eigenvalue weighted by molar-refractivity contribution is -0.154. The van der Waals surface area contributed by atoms with Crippen LogP contribution in [-0.2, 0) is 6.54 Å². The topological polar surface area (TPSA) is 63.2 Å². The van der Waals surface area contributed by atoms with Gasteiger partial charge in [-0.2, -0.15) is 13.2 Å². The summed E-state index contributed by atoms with van der Waals surface area (Å²) in [4.78, 5) is 15.4. The molecule has 1 aromatic rings. The van der Waals surface area contributed by atoms with Gasteiger partial charge in [0.25, 0.3) is 5.92 Å². The SMILES string of the molecule is CC(F)(F)C1(CCNC(=O)NCc2ccnc(OCC(F)(F)F)c2)CC1. The molecule has 1 aromatic heterocycles. The zero-order chi connectivity index (χ0) is 19.4. The minimum atomic E-state index is -4.47. The van der Waals surface area contributed by atoms with Crippen LogP contribution in [0.2, 0.25) is 0 Å². The number of aromatic nitrogens is 1. The summed E-state index contributed by atoms with van der Waals surface area (Å²) in [6.07, 6.45) is -2.13. The molecule has 1 heterocycles. The maximum atomic E-state index is 13.4. The number of rotatable bonds is 8. The Morgan fingerprint density at radius 3 is 2.54 bits per heavy atom. The van der Waals surface area contributed by atoms with Crippen LogP contribution in [0.1, 0.15) is 31.7 Å². The number of carbonyl (C=O) groups excluding carboxylic acids is 1. The number of ether oxygens (including phenoxy) is 1. The zero-order valence-electron chi connectivity index (χ0n) is 14.1. The minimum Gasteiger partial charge on any atom is -0.468 e. The maximum absolute atomic E-state index is 13.4. The summed E-state index contributed by atoms with van der Waals surface area (Å²) < 4.78 is 67.7. The predicted octanol–water partition coefficient (Wildman–Crippen LogP) is 3.65. The molecule has 146 valence electrons. The Labute approximate surface area is 147 Å². The van der Waals surface area contributed by atoms with E-state index >= 15 is 0 Å². The van der Waals surface area contributed by atoms with Crippen LogP contribution in [0.5, 0.6) is 5.88 Å². The van der Waals surface area contributed by atoms with Crippen LogP contribution in [0.25, 0.3) is 0 Å². The standard InChI is InChI=1S/C16H20F5N3O2/c1-14(17,18)15(3-4-15)5-7-23-13(25)24-9-11-2-6-22-12(8-11)26-10-16(19,20)21/h2,6,8H,3-5,7,9-10H2,1H3,(H2,23,24,25). The van der Waals surface area contributed by atoms with Gasteiger partial charge in [0.05, 0.1) is 0 Å². The Morgan fingerprint density at radius 2 is 1.96 bits per heavy atom. The van der Waals surface area contributed by atoms with Gasteiger partial charge in [-0.25, -0.2) is 18.6 Å². The van der Waals surface area contributed by atoms with Gasteiger partial charge in [-0.3, -0.25) is 0 Å². The fourth-order valence-corrected chi connectivity index (χ4v) is 2.51. The molecule has 0 radical (unpaired) electrons. The number of halogens is 5. The van der Waals surface area contributed by atoms with Gasteiger partial charge in [-0.1, -0.05) is 0 Å². The lowest BCUT2D eigenvalue weighted by Crippen LogP contribution is -2.38. The fraction of sp³-hybridized carbons (Fsp3) is 0.625. The first kappa shape index (κ1) is 20.2. The molecule has 1 saturated carbocycles. The van der Waals surface area contributed by atoms with E-state index in [-0.39, 0.29) is 25.4 Å². The van der Waals surface area contributed by atoms with E-state index in [1.165, 1.54) is 18.3 Å². The molecule has 0 unspecified atom stereocenters. The molecule has 10 heteroatoms. The van der Waals surface area contributed by atoms with Crippen LogP contribution in [-0.4, -0.2) is 36.3 Å².